The van der Waals surface area contributed by atoms with Crippen LogP contribution >= 0.6 is 0 Å². The molecule has 2 amide bonds. The normalized spacial score (nSPS) is 11.1. The topological polar surface area (TPSA) is 76.3 Å². The fourth-order valence-electron chi connectivity index (χ4n) is 2.92. The molecule has 136 valence electrons. The number of aromatic nitrogens is 1. The van der Waals surface area contributed by atoms with Crippen molar-refractivity contribution in [2.24, 2.45) is 0 Å². The van der Waals surface area contributed by atoms with E-state index < -0.39 is 0 Å². The highest BCUT2D eigenvalue weighted by Crippen LogP contribution is 2.23. The highest BCUT2D eigenvalue weighted by molar-refractivity contribution is 5.99. The number of aryl methyl sites for hydroxylation is 1. The monoisotopic (exact) mass is 353 g/mol. The van der Waals surface area contributed by atoms with Gasteiger partial charge in [-0.2, -0.15) is 0 Å². The lowest BCUT2D eigenvalue weighted by molar-refractivity contribution is -0.120. The molecule has 0 aliphatic heterocycles. The Hall–Kier alpha value is -3.02. The van der Waals surface area contributed by atoms with E-state index in [1.54, 1.807) is 12.3 Å². The van der Waals surface area contributed by atoms with Gasteiger partial charge in [0, 0.05) is 24.7 Å². The fourth-order valence-corrected chi connectivity index (χ4v) is 2.92. The van der Waals surface area contributed by atoms with Crippen molar-refractivity contribution in [1.82, 2.24) is 15.2 Å². The highest BCUT2D eigenvalue weighted by Gasteiger charge is 2.18. The first-order valence-electron chi connectivity index (χ1n) is 8.64. The molecule has 0 saturated heterocycles. The number of nitrogens with one attached hydrogen (secondary N) is 2. The van der Waals surface area contributed by atoms with E-state index in [2.05, 4.69) is 10.6 Å². The second-order valence-corrected chi connectivity index (χ2v) is 6.62. The van der Waals surface area contributed by atoms with Crippen molar-refractivity contribution in [1.29, 1.82) is 0 Å². The SMILES string of the molecule is Cc1ccccc1Cn1c(C(=O)NCC(=O)NC(C)C)cc2occc21. The van der Waals surface area contributed by atoms with Crippen molar-refractivity contribution in [2.45, 2.75) is 33.4 Å². The van der Waals surface area contributed by atoms with Gasteiger partial charge in [-0.25, -0.2) is 0 Å². The Bertz CT molecular complexity index is 937. The molecule has 0 saturated carbocycles. The summed E-state index contributed by atoms with van der Waals surface area (Å²) >= 11 is 0. The third-order valence-corrected chi connectivity index (χ3v) is 4.20. The zero-order valence-corrected chi connectivity index (χ0v) is 15.2. The molecule has 1 aromatic carbocycles. The zero-order chi connectivity index (χ0) is 18.7. The van der Waals surface area contributed by atoms with Crippen molar-refractivity contribution in [3.8, 4) is 0 Å². The van der Waals surface area contributed by atoms with Gasteiger partial charge in [0.15, 0.2) is 5.58 Å². The molecule has 0 spiro atoms. The van der Waals surface area contributed by atoms with E-state index in [0.717, 1.165) is 16.6 Å². The molecule has 2 aromatic heterocycles. The molecule has 0 bridgehead atoms. The third-order valence-electron chi connectivity index (χ3n) is 4.20. The van der Waals surface area contributed by atoms with Gasteiger partial charge in [0.2, 0.25) is 5.91 Å². The molecule has 0 fully saturated rings. The molecule has 3 rings (SSSR count). The number of rotatable bonds is 6. The molecular formula is C20H23N3O3. The second-order valence-electron chi connectivity index (χ2n) is 6.62. The molecule has 6 heteroatoms. The number of carbonyl (C=O) groups is 2. The first kappa shape index (κ1) is 17.8. The van der Waals surface area contributed by atoms with E-state index in [9.17, 15) is 9.59 Å². The van der Waals surface area contributed by atoms with E-state index >= 15 is 0 Å². The molecule has 0 aliphatic carbocycles. The third kappa shape index (κ3) is 3.79. The van der Waals surface area contributed by atoms with E-state index in [-0.39, 0.29) is 24.4 Å². The van der Waals surface area contributed by atoms with Crippen LogP contribution in [-0.2, 0) is 11.3 Å². The molecule has 2 N–H and O–H groups in total. The van der Waals surface area contributed by atoms with Crippen molar-refractivity contribution in [3.63, 3.8) is 0 Å². The van der Waals surface area contributed by atoms with Crippen LogP contribution in [0.5, 0.6) is 0 Å². The van der Waals surface area contributed by atoms with Crippen molar-refractivity contribution >= 4 is 22.9 Å². The maximum absolute atomic E-state index is 12.6. The van der Waals surface area contributed by atoms with Gasteiger partial charge in [-0.3, -0.25) is 9.59 Å². The van der Waals surface area contributed by atoms with Crippen LogP contribution in [0, 0.1) is 6.92 Å². The minimum atomic E-state index is -0.302. The maximum Gasteiger partial charge on any atom is 0.268 e. The molecule has 0 atom stereocenters. The maximum atomic E-state index is 12.6. The number of carbonyl (C=O) groups excluding carboxylic acids is 2. The predicted molar refractivity (Wildman–Crippen MR) is 100 cm³/mol. The minimum absolute atomic E-state index is 0.0339. The first-order valence-corrected chi connectivity index (χ1v) is 8.64. The average Bonchev–Trinajstić information content (AvgIpc) is 3.16. The van der Waals surface area contributed by atoms with Gasteiger partial charge in [0.25, 0.3) is 5.91 Å². The zero-order valence-electron chi connectivity index (χ0n) is 15.2. The number of amides is 2. The Morgan fingerprint density at radius 2 is 1.96 bits per heavy atom. The summed E-state index contributed by atoms with van der Waals surface area (Å²) in [5, 5.41) is 5.44. The molecule has 6 nitrogen and oxygen atoms in total. The van der Waals surface area contributed by atoms with Crippen LogP contribution in [0.1, 0.15) is 35.5 Å². The summed E-state index contributed by atoms with van der Waals surface area (Å²) in [4.78, 5) is 24.4. The van der Waals surface area contributed by atoms with Gasteiger partial charge >= 0.3 is 0 Å². The van der Waals surface area contributed by atoms with Crippen LogP contribution < -0.4 is 10.6 Å². The van der Waals surface area contributed by atoms with Crippen molar-refractivity contribution < 1.29 is 14.0 Å². The fraction of sp³-hybridized carbons (Fsp3) is 0.300. The Morgan fingerprint density at radius 1 is 1.19 bits per heavy atom. The van der Waals surface area contributed by atoms with Gasteiger partial charge < -0.3 is 19.6 Å². The number of furan rings is 1. The Balaban J connectivity index is 1.84. The number of hydrogen-bond donors (Lipinski definition) is 2. The lowest BCUT2D eigenvalue weighted by Gasteiger charge is -2.13. The van der Waals surface area contributed by atoms with Gasteiger partial charge in [-0.05, 0) is 31.9 Å². The van der Waals surface area contributed by atoms with Gasteiger partial charge in [0.1, 0.15) is 5.69 Å². The van der Waals surface area contributed by atoms with Crippen LogP contribution in [0.2, 0.25) is 0 Å². The van der Waals surface area contributed by atoms with E-state index in [1.165, 1.54) is 0 Å². The van der Waals surface area contributed by atoms with E-state index in [0.29, 0.717) is 17.8 Å². The van der Waals surface area contributed by atoms with Crippen LogP contribution in [0.3, 0.4) is 0 Å². The lowest BCUT2D eigenvalue weighted by Crippen LogP contribution is -2.40. The smallest absolute Gasteiger partial charge is 0.268 e. The minimum Gasteiger partial charge on any atom is -0.463 e. The van der Waals surface area contributed by atoms with Crippen LogP contribution in [0.25, 0.3) is 11.1 Å². The Labute approximate surface area is 152 Å². The first-order chi connectivity index (χ1) is 12.5. The number of fused-ring (bicyclic) bond motifs is 1. The highest BCUT2D eigenvalue weighted by atomic mass is 16.3. The van der Waals surface area contributed by atoms with Crippen LogP contribution in [-0.4, -0.2) is 29.0 Å². The molecule has 2 heterocycles. The molecule has 0 aliphatic rings. The summed E-state index contributed by atoms with van der Waals surface area (Å²) in [6, 6.07) is 11.6. The Morgan fingerprint density at radius 3 is 2.69 bits per heavy atom. The van der Waals surface area contributed by atoms with Crippen molar-refractivity contribution in [2.75, 3.05) is 6.54 Å². The lowest BCUT2D eigenvalue weighted by atomic mass is 10.1. The quantitative estimate of drug-likeness (QED) is 0.715. The second kappa shape index (κ2) is 7.47. The summed E-state index contributed by atoms with van der Waals surface area (Å²) in [5.41, 5.74) is 4.25. The van der Waals surface area contributed by atoms with Gasteiger partial charge in [-0.1, -0.05) is 24.3 Å². The molecule has 0 radical (unpaired) electrons. The molecule has 3 aromatic rings. The van der Waals surface area contributed by atoms with E-state index in [1.807, 2.05) is 55.7 Å². The number of nitrogens with zero attached hydrogens (tertiary/aromatic N) is 1. The summed E-state index contributed by atoms with van der Waals surface area (Å²) in [6.45, 7) is 6.29. The number of benzene rings is 1. The molecular weight excluding hydrogens is 330 g/mol. The molecule has 0 unspecified atom stereocenters. The predicted octanol–water partition coefficient (Wildman–Crippen LogP) is 2.85. The summed E-state index contributed by atoms with van der Waals surface area (Å²) in [5.74, 6) is -0.516. The van der Waals surface area contributed by atoms with Gasteiger partial charge in [0.05, 0.1) is 18.3 Å². The summed E-state index contributed by atoms with van der Waals surface area (Å²) in [7, 11) is 0. The standard InChI is InChI=1S/C20H23N3O3/c1-13(2)22-19(24)11-21-20(25)17-10-18-16(8-9-26-18)23(17)12-15-7-5-4-6-14(15)3/h4-10,13H,11-12H2,1-3H3,(H,21,25)(H,22,24). The van der Waals surface area contributed by atoms with Crippen LogP contribution in [0.4, 0.5) is 0 Å². The number of hydrogen-bond acceptors (Lipinski definition) is 3. The Kier molecular flexibility index (Phi) is 5.11. The van der Waals surface area contributed by atoms with Crippen LogP contribution in [0.15, 0.2) is 47.1 Å². The largest absolute Gasteiger partial charge is 0.463 e. The summed E-state index contributed by atoms with van der Waals surface area (Å²) < 4.78 is 7.37. The van der Waals surface area contributed by atoms with Gasteiger partial charge in [-0.15, -0.1) is 0 Å². The molecule has 26 heavy (non-hydrogen) atoms. The summed E-state index contributed by atoms with van der Waals surface area (Å²) in [6.07, 6.45) is 1.61. The van der Waals surface area contributed by atoms with E-state index in [4.69, 9.17) is 4.42 Å². The van der Waals surface area contributed by atoms with Crippen molar-refractivity contribution in [3.05, 3.63) is 59.5 Å². The average molecular weight is 353 g/mol.